The molecule has 2 aromatic rings. The molecular formula is C16H14FN3O. The Morgan fingerprint density at radius 2 is 2.10 bits per heavy atom. The Bertz CT molecular complexity index is 722. The second-order valence-electron chi connectivity index (χ2n) is 4.70. The second kappa shape index (κ2) is 6.06. The molecule has 106 valence electrons. The first-order chi connectivity index (χ1) is 10.0. The third kappa shape index (κ3) is 3.37. The van der Waals surface area contributed by atoms with E-state index in [1.807, 2.05) is 6.07 Å². The molecule has 4 nitrogen and oxygen atoms in total. The topological polar surface area (TPSA) is 70.1 Å². The molecule has 2 rings (SSSR count). The molecule has 0 atom stereocenters. The average molecular weight is 283 g/mol. The number of hydrogen-bond acceptors (Lipinski definition) is 3. The van der Waals surface area contributed by atoms with Crippen molar-refractivity contribution in [3.05, 3.63) is 65.0 Å². The summed E-state index contributed by atoms with van der Waals surface area (Å²) >= 11 is 0. The zero-order valence-corrected chi connectivity index (χ0v) is 11.5. The fourth-order valence-electron chi connectivity index (χ4n) is 1.98. The van der Waals surface area contributed by atoms with E-state index in [-0.39, 0.29) is 12.5 Å². The van der Waals surface area contributed by atoms with Crippen molar-refractivity contribution >= 4 is 11.6 Å². The molecule has 2 aromatic carbocycles. The largest absolute Gasteiger partial charge is 0.399 e. The lowest BCUT2D eigenvalue weighted by Gasteiger charge is -2.18. The number of amides is 1. The van der Waals surface area contributed by atoms with Crippen molar-refractivity contribution in [1.82, 2.24) is 4.90 Å². The van der Waals surface area contributed by atoms with Gasteiger partial charge in [0, 0.05) is 30.4 Å². The molecule has 5 heteroatoms. The summed E-state index contributed by atoms with van der Waals surface area (Å²) in [4.78, 5) is 13.6. The van der Waals surface area contributed by atoms with Crippen molar-refractivity contribution in [3.63, 3.8) is 0 Å². The van der Waals surface area contributed by atoms with Crippen LogP contribution in [0.3, 0.4) is 0 Å². The van der Waals surface area contributed by atoms with E-state index in [0.29, 0.717) is 22.4 Å². The summed E-state index contributed by atoms with van der Waals surface area (Å²) in [6.07, 6.45) is 0. The summed E-state index contributed by atoms with van der Waals surface area (Å²) in [7, 11) is 1.57. The quantitative estimate of drug-likeness (QED) is 0.880. The Labute approximate surface area is 122 Å². The third-order valence-electron chi connectivity index (χ3n) is 3.06. The first-order valence-electron chi connectivity index (χ1n) is 6.31. The summed E-state index contributed by atoms with van der Waals surface area (Å²) in [5.74, 6) is -0.703. The molecule has 2 N–H and O–H groups in total. The first kappa shape index (κ1) is 14.5. The molecular weight excluding hydrogens is 269 g/mol. The maximum absolute atomic E-state index is 13.7. The highest BCUT2D eigenvalue weighted by Crippen LogP contribution is 2.15. The lowest BCUT2D eigenvalue weighted by Crippen LogP contribution is -2.26. The molecule has 0 spiro atoms. The van der Waals surface area contributed by atoms with Crippen molar-refractivity contribution in [2.75, 3.05) is 12.8 Å². The van der Waals surface area contributed by atoms with Gasteiger partial charge in [0.2, 0.25) is 0 Å². The smallest absolute Gasteiger partial charge is 0.253 e. The second-order valence-corrected chi connectivity index (χ2v) is 4.70. The summed E-state index contributed by atoms with van der Waals surface area (Å²) < 4.78 is 13.7. The van der Waals surface area contributed by atoms with E-state index in [4.69, 9.17) is 11.0 Å². The fourth-order valence-corrected chi connectivity index (χ4v) is 1.98. The van der Waals surface area contributed by atoms with Gasteiger partial charge in [-0.1, -0.05) is 6.07 Å². The van der Waals surface area contributed by atoms with Gasteiger partial charge in [0.05, 0.1) is 11.6 Å². The highest BCUT2D eigenvalue weighted by atomic mass is 19.1. The van der Waals surface area contributed by atoms with Gasteiger partial charge >= 0.3 is 0 Å². The van der Waals surface area contributed by atoms with Crippen LogP contribution in [0.4, 0.5) is 10.1 Å². The van der Waals surface area contributed by atoms with Crippen LogP contribution in [-0.2, 0) is 6.54 Å². The number of carbonyl (C=O) groups excluding carboxylic acids is 1. The van der Waals surface area contributed by atoms with Crippen LogP contribution < -0.4 is 5.73 Å². The number of nitriles is 1. The number of nitrogens with two attached hydrogens (primary N) is 1. The van der Waals surface area contributed by atoms with E-state index in [1.165, 1.54) is 23.1 Å². The number of nitrogens with zero attached hydrogens (tertiary/aromatic N) is 2. The summed E-state index contributed by atoms with van der Waals surface area (Å²) in [5.41, 5.74) is 7.23. The van der Waals surface area contributed by atoms with Crippen LogP contribution in [0.25, 0.3) is 0 Å². The van der Waals surface area contributed by atoms with Crippen LogP contribution in [0.1, 0.15) is 21.5 Å². The molecule has 21 heavy (non-hydrogen) atoms. The number of hydrogen-bond donors (Lipinski definition) is 1. The number of rotatable bonds is 3. The molecule has 0 unspecified atom stereocenters. The number of anilines is 1. The molecule has 0 aromatic heterocycles. The van der Waals surface area contributed by atoms with Gasteiger partial charge in [0.25, 0.3) is 5.91 Å². The van der Waals surface area contributed by atoms with Crippen LogP contribution in [0, 0.1) is 17.1 Å². The van der Waals surface area contributed by atoms with E-state index in [1.54, 1.807) is 31.3 Å². The maximum atomic E-state index is 13.7. The molecule has 0 bridgehead atoms. The Morgan fingerprint density at radius 3 is 2.76 bits per heavy atom. The molecule has 0 fully saturated rings. The van der Waals surface area contributed by atoms with Gasteiger partial charge in [-0.3, -0.25) is 4.79 Å². The molecule has 1 amide bonds. The number of nitrogen functional groups attached to an aromatic ring is 1. The zero-order valence-electron chi connectivity index (χ0n) is 11.5. The molecule has 0 aliphatic carbocycles. The number of carbonyl (C=O) groups is 1. The van der Waals surface area contributed by atoms with E-state index in [0.717, 1.165) is 0 Å². The summed E-state index contributed by atoms with van der Waals surface area (Å²) in [5, 5.41) is 8.84. The van der Waals surface area contributed by atoms with Crippen LogP contribution >= 0.6 is 0 Å². The maximum Gasteiger partial charge on any atom is 0.253 e. The van der Waals surface area contributed by atoms with Gasteiger partial charge in [-0.25, -0.2) is 4.39 Å². The van der Waals surface area contributed by atoms with Gasteiger partial charge in [-0.15, -0.1) is 0 Å². The van der Waals surface area contributed by atoms with E-state index in [2.05, 4.69) is 0 Å². The van der Waals surface area contributed by atoms with Crippen molar-refractivity contribution in [2.45, 2.75) is 6.54 Å². The van der Waals surface area contributed by atoms with Crippen LogP contribution in [0.5, 0.6) is 0 Å². The Hall–Kier alpha value is -2.87. The molecule has 0 radical (unpaired) electrons. The lowest BCUT2D eigenvalue weighted by molar-refractivity contribution is 0.0784. The Kier molecular flexibility index (Phi) is 4.19. The van der Waals surface area contributed by atoms with E-state index >= 15 is 0 Å². The van der Waals surface area contributed by atoms with Gasteiger partial charge in [-0.05, 0) is 36.4 Å². The van der Waals surface area contributed by atoms with E-state index in [9.17, 15) is 9.18 Å². The Morgan fingerprint density at radius 1 is 1.33 bits per heavy atom. The molecule has 0 saturated heterocycles. The lowest BCUT2D eigenvalue weighted by atomic mass is 10.1. The van der Waals surface area contributed by atoms with Crippen molar-refractivity contribution in [1.29, 1.82) is 5.26 Å². The first-order valence-corrected chi connectivity index (χ1v) is 6.31. The third-order valence-corrected chi connectivity index (χ3v) is 3.06. The van der Waals surface area contributed by atoms with Gasteiger partial charge in [0.1, 0.15) is 5.82 Å². The van der Waals surface area contributed by atoms with Crippen molar-refractivity contribution < 1.29 is 9.18 Å². The highest BCUT2D eigenvalue weighted by Gasteiger charge is 2.14. The van der Waals surface area contributed by atoms with Crippen LogP contribution in [0.2, 0.25) is 0 Å². The minimum atomic E-state index is -0.443. The van der Waals surface area contributed by atoms with Gasteiger partial charge < -0.3 is 10.6 Å². The van der Waals surface area contributed by atoms with Gasteiger partial charge in [-0.2, -0.15) is 5.26 Å². The monoisotopic (exact) mass is 283 g/mol. The molecule has 0 aliphatic rings. The Balaban J connectivity index is 2.20. The number of benzene rings is 2. The normalized spacial score (nSPS) is 9.95. The highest BCUT2D eigenvalue weighted by molar-refractivity contribution is 5.94. The van der Waals surface area contributed by atoms with Crippen LogP contribution in [0.15, 0.2) is 42.5 Å². The zero-order chi connectivity index (χ0) is 15.4. The number of halogens is 1. The predicted octanol–water partition coefficient (Wildman–Crippen LogP) is 2.55. The van der Waals surface area contributed by atoms with Crippen molar-refractivity contribution in [2.24, 2.45) is 0 Å². The molecule has 0 heterocycles. The molecule has 0 saturated carbocycles. The standard InChI is InChI=1S/C16H14FN3O/c1-20(16(21)12-3-2-4-14(19)8-12)10-13-7-11(9-18)5-6-15(13)17/h2-8H,10,19H2,1H3. The fraction of sp³-hybridized carbons (Fsp3) is 0.125. The average Bonchev–Trinajstić information content (AvgIpc) is 2.48. The minimum Gasteiger partial charge on any atom is -0.399 e. The van der Waals surface area contributed by atoms with Gasteiger partial charge in [0.15, 0.2) is 0 Å². The minimum absolute atomic E-state index is 0.0784. The predicted molar refractivity (Wildman–Crippen MR) is 77.8 cm³/mol. The summed E-state index contributed by atoms with van der Waals surface area (Å²) in [6, 6.07) is 12.6. The van der Waals surface area contributed by atoms with Crippen molar-refractivity contribution in [3.8, 4) is 6.07 Å². The molecule has 0 aliphatic heterocycles. The summed E-state index contributed by atoms with van der Waals surface area (Å²) in [6.45, 7) is 0.0784. The van der Waals surface area contributed by atoms with Crippen LogP contribution in [-0.4, -0.2) is 17.9 Å². The van der Waals surface area contributed by atoms with E-state index < -0.39 is 5.82 Å². The SMILES string of the molecule is CN(Cc1cc(C#N)ccc1F)C(=O)c1cccc(N)c1.